The van der Waals surface area contributed by atoms with Crippen molar-refractivity contribution >= 4 is 17.2 Å². The third-order valence-corrected chi connectivity index (χ3v) is 2.19. The molecule has 0 radical (unpaired) electrons. The van der Waals surface area contributed by atoms with Gasteiger partial charge in [-0.05, 0) is 17.0 Å². The molecule has 13 heavy (non-hydrogen) atoms. The van der Waals surface area contributed by atoms with E-state index >= 15 is 0 Å². The predicted molar refractivity (Wildman–Crippen MR) is 61.0 cm³/mol. The number of benzene rings is 1. The molecule has 0 spiro atoms. The number of rotatable bonds is 3. The van der Waals surface area contributed by atoms with Gasteiger partial charge in [0.1, 0.15) is 0 Å². The molecular formula is C11H15NS. The van der Waals surface area contributed by atoms with Crippen LogP contribution in [0.25, 0.3) is 0 Å². The number of hydrogen-bond acceptors (Lipinski definition) is 1. The van der Waals surface area contributed by atoms with Crippen molar-refractivity contribution in [1.82, 2.24) is 0 Å². The Kier molecular flexibility index (Phi) is 3.43. The number of thiocarbonyl (C=S) groups is 1. The normalized spacial score (nSPS) is 10.4. The van der Waals surface area contributed by atoms with Crippen LogP contribution >= 0.6 is 12.2 Å². The van der Waals surface area contributed by atoms with Gasteiger partial charge in [0.2, 0.25) is 0 Å². The fourth-order valence-electron chi connectivity index (χ4n) is 1.45. The summed E-state index contributed by atoms with van der Waals surface area (Å²) in [6.07, 6.45) is 0.712. The summed E-state index contributed by atoms with van der Waals surface area (Å²) in [5, 5.41) is 0. The molecule has 2 N–H and O–H groups in total. The third-order valence-electron chi connectivity index (χ3n) is 2.04. The van der Waals surface area contributed by atoms with Gasteiger partial charge in [-0.25, -0.2) is 0 Å². The van der Waals surface area contributed by atoms with Crippen LogP contribution in [0.4, 0.5) is 0 Å². The summed E-state index contributed by atoms with van der Waals surface area (Å²) in [7, 11) is 0. The summed E-state index contributed by atoms with van der Waals surface area (Å²) in [5.74, 6) is 0.533. The highest BCUT2D eigenvalue weighted by atomic mass is 32.1. The standard InChI is InChI=1S/C11H15NS/c1-8(2)10-6-4-3-5-9(10)7-11(12)13/h3-6,8H,7H2,1-2H3,(H2,12,13). The van der Waals surface area contributed by atoms with Gasteiger partial charge in [0.15, 0.2) is 0 Å². The van der Waals surface area contributed by atoms with Gasteiger partial charge >= 0.3 is 0 Å². The first kappa shape index (κ1) is 10.2. The molecule has 0 amide bonds. The van der Waals surface area contributed by atoms with Crippen LogP contribution in [0.5, 0.6) is 0 Å². The second-order valence-corrected chi connectivity index (χ2v) is 4.02. The van der Waals surface area contributed by atoms with Crippen LogP contribution < -0.4 is 5.73 Å². The molecule has 0 saturated carbocycles. The lowest BCUT2D eigenvalue weighted by Crippen LogP contribution is -2.12. The highest BCUT2D eigenvalue weighted by Gasteiger charge is 2.05. The Morgan fingerprint density at radius 2 is 2.00 bits per heavy atom. The van der Waals surface area contributed by atoms with Crippen molar-refractivity contribution in [2.24, 2.45) is 5.73 Å². The fraction of sp³-hybridized carbons (Fsp3) is 0.364. The van der Waals surface area contributed by atoms with Crippen LogP contribution in [0, 0.1) is 0 Å². The maximum Gasteiger partial charge on any atom is 0.0771 e. The van der Waals surface area contributed by atoms with Crippen LogP contribution in [0.15, 0.2) is 24.3 Å². The van der Waals surface area contributed by atoms with Crippen molar-refractivity contribution in [3.8, 4) is 0 Å². The van der Waals surface area contributed by atoms with E-state index in [1.165, 1.54) is 11.1 Å². The number of nitrogens with two attached hydrogens (primary N) is 1. The molecule has 0 saturated heterocycles. The third kappa shape index (κ3) is 2.81. The second-order valence-electron chi connectivity index (χ2n) is 3.50. The van der Waals surface area contributed by atoms with E-state index in [0.717, 1.165) is 0 Å². The summed E-state index contributed by atoms with van der Waals surface area (Å²) in [5.41, 5.74) is 8.12. The molecule has 0 heterocycles. The van der Waals surface area contributed by atoms with Crippen molar-refractivity contribution < 1.29 is 0 Å². The van der Waals surface area contributed by atoms with Crippen LogP contribution in [-0.2, 0) is 6.42 Å². The largest absolute Gasteiger partial charge is 0.393 e. The van der Waals surface area contributed by atoms with Crippen LogP contribution in [0.1, 0.15) is 30.9 Å². The average molecular weight is 193 g/mol. The first-order valence-corrected chi connectivity index (χ1v) is 4.88. The molecule has 1 aromatic carbocycles. The van der Waals surface area contributed by atoms with Gasteiger partial charge in [0.25, 0.3) is 0 Å². The minimum atomic E-state index is 0.533. The molecular weight excluding hydrogens is 178 g/mol. The molecule has 1 aromatic rings. The van der Waals surface area contributed by atoms with Crippen LogP contribution in [0.3, 0.4) is 0 Å². The summed E-state index contributed by atoms with van der Waals surface area (Å²) in [6.45, 7) is 4.36. The fourth-order valence-corrected chi connectivity index (χ4v) is 1.60. The second kappa shape index (κ2) is 4.38. The van der Waals surface area contributed by atoms with E-state index in [1.54, 1.807) is 0 Å². The van der Waals surface area contributed by atoms with Gasteiger partial charge < -0.3 is 5.73 Å². The zero-order valence-electron chi connectivity index (χ0n) is 8.08. The SMILES string of the molecule is CC(C)c1ccccc1CC(N)=S. The lowest BCUT2D eigenvalue weighted by atomic mass is 9.95. The summed E-state index contributed by atoms with van der Waals surface area (Å²) in [6, 6.07) is 8.31. The summed E-state index contributed by atoms with van der Waals surface area (Å²) >= 11 is 4.90. The van der Waals surface area contributed by atoms with Gasteiger partial charge in [-0.15, -0.1) is 0 Å². The molecule has 1 rings (SSSR count). The molecule has 0 aromatic heterocycles. The lowest BCUT2D eigenvalue weighted by molar-refractivity contribution is 0.853. The maximum absolute atomic E-state index is 5.52. The topological polar surface area (TPSA) is 26.0 Å². The molecule has 0 unspecified atom stereocenters. The molecule has 2 heteroatoms. The zero-order valence-corrected chi connectivity index (χ0v) is 8.90. The van der Waals surface area contributed by atoms with Crippen molar-refractivity contribution in [3.05, 3.63) is 35.4 Å². The Morgan fingerprint density at radius 3 is 2.54 bits per heavy atom. The van der Waals surface area contributed by atoms with E-state index in [1.807, 2.05) is 6.07 Å². The molecule has 0 bridgehead atoms. The maximum atomic E-state index is 5.52. The van der Waals surface area contributed by atoms with Crippen molar-refractivity contribution in [1.29, 1.82) is 0 Å². The molecule has 0 aliphatic carbocycles. The van der Waals surface area contributed by atoms with E-state index in [9.17, 15) is 0 Å². The van der Waals surface area contributed by atoms with Crippen LogP contribution in [-0.4, -0.2) is 4.99 Å². The van der Waals surface area contributed by atoms with Crippen LogP contribution in [0.2, 0.25) is 0 Å². The minimum absolute atomic E-state index is 0.533. The quantitative estimate of drug-likeness (QED) is 0.747. The molecule has 0 fully saturated rings. The smallest absolute Gasteiger partial charge is 0.0771 e. The van der Waals surface area contributed by atoms with E-state index in [0.29, 0.717) is 17.3 Å². The molecule has 0 atom stereocenters. The van der Waals surface area contributed by atoms with E-state index in [-0.39, 0.29) is 0 Å². The molecule has 0 aliphatic heterocycles. The van der Waals surface area contributed by atoms with Gasteiger partial charge in [0.05, 0.1) is 4.99 Å². The Balaban J connectivity index is 2.97. The van der Waals surface area contributed by atoms with Gasteiger partial charge in [-0.2, -0.15) is 0 Å². The Labute approximate surface area is 85.0 Å². The number of hydrogen-bond donors (Lipinski definition) is 1. The minimum Gasteiger partial charge on any atom is -0.393 e. The van der Waals surface area contributed by atoms with Crippen molar-refractivity contribution in [2.45, 2.75) is 26.2 Å². The Bertz CT molecular complexity index is 305. The van der Waals surface area contributed by atoms with E-state index < -0.39 is 0 Å². The monoisotopic (exact) mass is 193 g/mol. The summed E-state index contributed by atoms with van der Waals surface area (Å²) in [4.78, 5) is 0.563. The Morgan fingerprint density at radius 1 is 1.38 bits per heavy atom. The molecule has 1 nitrogen and oxygen atoms in total. The predicted octanol–water partition coefficient (Wildman–Crippen LogP) is 2.64. The first-order valence-electron chi connectivity index (χ1n) is 4.47. The zero-order chi connectivity index (χ0) is 9.84. The van der Waals surface area contributed by atoms with Gasteiger partial charge in [-0.1, -0.05) is 50.3 Å². The molecule has 0 aliphatic rings. The van der Waals surface area contributed by atoms with Crippen molar-refractivity contribution in [3.63, 3.8) is 0 Å². The van der Waals surface area contributed by atoms with E-state index in [4.69, 9.17) is 18.0 Å². The van der Waals surface area contributed by atoms with E-state index in [2.05, 4.69) is 32.0 Å². The van der Waals surface area contributed by atoms with Gasteiger partial charge in [-0.3, -0.25) is 0 Å². The summed E-state index contributed by atoms with van der Waals surface area (Å²) < 4.78 is 0. The highest BCUT2D eigenvalue weighted by Crippen LogP contribution is 2.19. The molecule has 70 valence electrons. The average Bonchev–Trinajstić information content (AvgIpc) is 2.03. The lowest BCUT2D eigenvalue weighted by Gasteiger charge is -2.11. The van der Waals surface area contributed by atoms with Gasteiger partial charge in [0, 0.05) is 6.42 Å². The first-order chi connectivity index (χ1) is 6.11. The van der Waals surface area contributed by atoms with Crippen molar-refractivity contribution in [2.75, 3.05) is 0 Å². The Hall–Kier alpha value is -0.890. The highest BCUT2D eigenvalue weighted by molar-refractivity contribution is 7.80.